The molecule has 0 amide bonds. The van der Waals surface area contributed by atoms with E-state index in [9.17, 15) is 39.6 Å². The minimum Gasteiger partial charge on any atom is -0.545 e. The van der Waals surface area contributed by atoms with Crippen LogP contribution in [-0.2, 0) is 0 Å². The molecule has 0 bridgehead atoms. The summed E-state index contributed by atoms with van der Waals surface area (Å²) in [4.78, 5) is 48.9. The molecule has 0 fully saturated rings. The molecule has 7 rings (SSSR count). The largest absolute Gasteiger partial charge is 1.00 e. The summed E-state index contributed by atoms with van der Waals surface area (Å²) < 4.78 is 0. The standard InChI is InChI=1S/C28H12O8.4K/c29-25(30)21-11-5-1-9-2-6-12-18-15(9)17(11)19-13(22(21)26(31)32)7-3-10-4-8-14(20(18)16(10)19)24(28(35)36)23(12)27(33)34;;;;/h1-8H,(H,29,30)(H,31,32)(H,33,34)(H,35,36);;;;/q;4*+1/p-4. The second kappa shape index (κ2) is 13.0. The minimum atomic E-state index is -1.70. The number of carbonyl (C=O) groups excluding carboxylic acids is 4. The third-order valence-electron chi connectivity index (χ3n) is 7.27. The maximum Gasteiger partial charge on any atom is 1.00 e. The molecule has 0 aliphatic carbocycles. The topological polar surface area (TPSA) is 161 Å². The minimum absolute atomic E-state index is 0. The van der Waals surface area contributed by atoms with E-state index in [2.05, 4.69) is 0 Å². The van der Waals surface area contributed by atoms with E-state index >= 15 is 0 Å². The molecule has 0 atom stereocenters. The molecular formula is C28H8K4O8. The van der Waals surface area contributed by atoms with Crippen LogP contribution in [0.4, 0.5) is 0 Å². The maximum absolute atomic E-state index is 12.2. The summed E-state index contributed by atoms with van der Waals surface area (Å²) in [6.07, 6.45) is 0. The number of carboxylic acid groups (broad SMARTS) is 4. The SMILES string of the molecule is O=C([O-])c1c(C(=O)[O-])c2ccc3ccc4c(C(=O)[O-])c(C(=O)[O-])c5ccc6ccc1c1c6c5c4c3c21.[K+].[K+].[K+].[K+]. The van der Waals surface area contributed by atoms with E-state index in [-0.39, 0.29) is 227 Å². The van der Waals surface area contributed by atoms with Gasteiger partial charge in [0.15, 0.2) is 0 Å². The first-order valence-corrected chi connectivity index (χ1v) is 10.8. The zero-order valence-corrected chi connectivity index (χ0v) is 34.4. The molecule has 12 heteroatoms. The summed E-state index contributed by atoms with van der Waals surface area (Å²) in [5, 5.41) is 53.1. The molecule has 0 aromatic heterocycles. The zero-order chi connectivity index (χ0) is 25.2. The molecule has 0 saturated carbocycles. The Kier molecular flexibility index (Phi) is 11.6. The van der Waals surface area contributed by atoms with Crippen molar-refractivity contribution in [2.24, 2.45) is 0 Å². The van der Waals surface area contributed by atoms with E-state index in [1.165, 1.54) is 24.3 Å². The van der Waals surface area contributed by atoms with Crippen LogP contribution >= 0.6 is 0 Å². The number of carbonyl (C=O) groups is 4. The maximum atomic E-state index is 12.2. The van der Waals surface area contributed by atoms with Crippen molar-refractivity contribution in [3.8, 4) is 0 Å². The molecule has 40 heavy (non-hydrogen) atoms. The Bertz CT molecular complexity index is 1870. The van der Waals surface area contributed by atoms with Gasteiger partial charge in [0.05, 0.1) is 23.9 Å². The fraction of sp³-hybridized carbons (Fsp3) is 0. The normalized spacial score (nSPS) is 11.0. The van der Waals surface area contributed by atoms with Gasteiger partial charge in [-0.05, 0) is 64.6 Å². The Hall–Kier alpha value is 1.31. The number of rotatable bonds is 4. The molecule has 7 aromatic rings. The van der Waals surface area contributed by atoms with Crippen molar-refractivity contribution in [2.45, 2.75) is 0 Å². The number of aromatic carboxylic acids is 4. The van der Waals surface area contributed by atoms with Gasteiger partial charge in [-0.25, -0.2) is 0 Å². The van der Waals surface area contributed by atoms with Gasteiger partial charge in [-0.1, -0.05) is 48.5 Å². The summed E-state index contributed by atoms with van der Waals surface area (Å²) in [5.41, 5.74) is -2.17. The van der Waals surface area contributed by atoms with E-state index < -0.39 is 46.1 Å². The van der Waals surface area contributed by atoms with Gasteiger partial charge in [-0.15, -0.1) is 0 Å². The quantitative estimate of drug-likeness (QED) is 0.106. The van der Waals surface area contributed by atoms with Crippen LogP contribution in [0.1, 0.15) is 41.4 Å². The molecule has 0 saturated heterocycles. The van der Waals surface area contributed by atoms with Crippen LogP contribution in [0.2, 0.25) is 0 Å². The molecule has 0 unspecified atom stereocenters. The average molecular weight is 629 g/mol. The van der Waals surface area contributed by atoms with E-state index in [1.807, 2.05) is 0 Å². The first-order chi connectivity index (χ1) is 17.2. The smallest absolute Gasteiger partial charge is 0.545 e. The van der Waals surface area contributed by atoms with Crippen LogP contribution < -0.4 is 226 Å². The summed E-state index contributed by atoms with van der Waals surface area (Å²) in [7, 11) is 0. The summed E-state index contributed by atoms with van der Waals surface area (Å²) in [6, 6.07) is 12.3. The van der Waals surface area contributed by atoms with Crippen LogP contribution in [0.3, 0.4) is 0 Å². The van der Waals surface area contributed by atoms with Gasteiger partial charge in [0.25, 0.3) is 0 Å². The van der Waals surface area contributed by atoms with Gasteiger partial charge in [0.1, 0.15) is 0 Å². The first kappa shape index (κ1) is 35.8. The molecular weight excluding hydrogens is 621 g/mol. The van der Waals surface area contributed by atoms with E-state index in [1.54, 1.807) is 24.3 Å². The molecule has 0 aliphatic rings. The van der Waals surface area contributed by atoms with Crippen LogP contribution in [0, 0.1) is 0 Å². The monoisotopic (exact) mass is 628 g/mol. The third kappa shape index (κ3) is 4.83. The Morgan fingerprint density at radius 1 is 0.350 bits per heavy atom. The van der Waals surface area contributed by atoms with Gasteiger partial charge in [0.2, 0.25) is 0 Å². The van der Waals surface area contributed by atoms with Crippen LogP contribution in [0.5, 0.6) is 0 Å². The molecule has 0 radical (unpaired) electrons. The second-order valence-corrected chi connectivity index (χ2v) is 8.80. The predicted octanol–water partition coefficient (Wildman–Crippen LogP) is -11.6. The summed E-state index contributed by atoms with van der Waals surface area (Å²) in [5.74, 6) is -6.80. The molecule has 0 spiro atoms. The van der Waals surface area contributed by atoms with Crippen molar-refractivity contribution in [2.75, 3.05) is 0 Å². The molecule has 0 aliphatic heterocycles. The molecule has 0 N–H and O–H groups in total. The third-order valence-corrected chi connectivity index (χ3v) is 7.27. The number of hydrogen-bond donors (Lipinski definition) is 0. The van der Waals surface area contributed by atoms with Crippen molar-refractivity contribution in [3.63, 3.8) is 0 Å². The van der Waals surface area contributed by atoms with Crippen molar-refractivity contribution in [1.29, 1.82) is 0 Å². The summed E-state index contributed by atoms with van der Waals surface area (Å²) in [6.45, 7) is 0. The molecule has 8 nitrogen and oxygen atoms in total. The predicted molar refractivity (Wildman–Crippen MR) is 122 cm³/mol. The van der Waals surface area contributed by atoms with Gasteiger partial charge in [0, 0.05) is 22.3 Å². The Labute approximate surface area is 394 Å². The van der Waals surface area contributed by atoms with E-state index in [0.717, 1.165) is 0 Å². The van der Waals surface area contributed by atoms with E-state index in [4.69, 9.17) is 0 Å². The van der Waals surface area contributed by atoms with Crippen molar-refractivity contribution in [3.05, 3.63) is 70.8 Å². The molecule has 0 heterocycles. The Morgan fingerprint density at radius 3 is 0.725 bits per heavy atom. The zero-order valence-electron chi connectivity index (χ0n) is 21.9. The number of benzene rings is 7. The van der Waals surface area contributed by atoms with Gasteiger partial charge >= 0.3 is 206 Å². The molecule has 7 aromatic carbocycles. The fourth-order valence-electron chi connectivity index (χ4n) is 6.10. The number of hydrogen-bond acceptors (Lipinski definition) is 8. The second-order valence-electron chi connectivity index (χ2n) is 8.80. The van der Waals surface area contributed by atoms with Crippen molar-refractivity contribution in [1.82, 2.24) is 0 Å². The van der Waals surface area contributed by atoms with Crippen molar-refractivity contribution >= 4 is 88.5 Å². The van der Waals surface area contributed by atoms with Gasteiger partial charge < -0.3 is 39.6 Å². The Balaban J connectivity index is 0.00000110. The first-order valence-electron chi connectivity index (χ1n) is 10.8. The fourth-order valence-corrected chi connectivity index (χ4v) is 6.10. The van der Waals surface area contributed by atoms with Gasteiger partial charge in [-0.2, -0.15) is 0 Å². The summed E-state index contributed by atoms with van der Waals surface area (Å²) >= 11 is 0. The van der Waals surface area contributed by atoms with Crippen LogP contribution in [0.15, 0.2) is 48.5 Å². The molecule has 172 valence electrons. The van der Waals surface area contributed by atoms with Crippen LogP contribution in [-0.4, -0.2) is 23.9 Å². The van der Waals surface area contributed by atoms with Gasteiger partial charge in [-0.3, -0.25) is 0 Å². The Morgan fingerprint density at radius 2 is 0.550 bits per heavy atom. The average Bonchev–Trinajstić information content (AvgIpc) is 2.84. The van der Waals surface area contributed by atoms with Crippen molar-refractivity contribution < 1.29 is 245 Å². The van der Waals surface area contributed by atoms with E-state index in [0.29, 0.717) is 43.1 Å². The van der Waals surface area contributed by atoms with Crippen LogP contribution in [0.25, 0.3) is 64.6 Å². The number of carboxylic acids is 4.